The van der Waals surface area contributed by atoms with Gasteiger partial charge in [0.2, 0.25) is 10.0 Å². The Morgan fingerprint density at radius 1 is 1.40 bits per heavy atom. The molecule has 1 aromatic heterocycles. The van der Waals surface area contributed by atoms with E-state index in [1.54, 1.807) is 19.1 Å². The SMILES string of the molecule is Cc1ccc([N+](=O)[O-])cc1S(=O)(=O)NCC(O)(c1ccco1)C1CC1. The van der Waals surface area contributed by atoms with Crippen molar-refractivity contribution < 1.29 is 22.9 Å². The minimum atomic E-state index is -4.03. The summed E-state index contributed by atoms with van der Waals surface area (Å²) in [5, 5.41) is 21.8. The maximum Gasteiger partial charge on any atom is 0.270 e. The van der Waals surface area contributed by atoms with Crippen molar-refractivity contribution in [2.45, 2.75) is 30.3 Å². The Kier molecular flexibility index (Phi) is 4.40. The van der Waals surface area contributed by atoms with E-state index < -0.39 is 20.5 Å². The summed E-state index contributed by atoms with van der Waals surface area (Å²) in [6.45, 7) is 1.29. The number of aliphatic hydroxyl groups is 1. The van der Waals surface area contributed by atoms with Gasteiger partial charge in [0.05, 0.1) is 16.1 Å². The predicted molar refractivity (Wildman–Crippen MR) is 88.4 cm³/mol. The van der Waals surface area contributed by atoms with E-state index >= 15 is 0 Å². The molecule has 1 atom stereocenters. The van der Waals surface area contributed by atoms with Crippen LogP contribution >= 0.6 is 0 Å². The number of sulfonamides is 1. The standard InChI is InChI=1S/C16H18N2O6S/c1-11-4-7-13(18(20)21)9-14(11)25(22,23)17-10-16(19,12-5-6-12)15-3-2-8-24-15/h2-4,7-9,12,17,19H,5-6,10H2,1H3. The number of nitrogens with zero attached hydrogens (tertiary/aromatic N) is 1. The van der Waals surface area contributed by atoms with Crippen LogP contribution < -0.4 is 4.72 Å². The van der Waals surface area contributed by atoms with Crippen molar-refractivity contribution in [3.05, 3.63) is 58.0 Å². The van der Waals surface area contributed by atoms with Crippen LogP contribution in [0.15, 0.2) is 45.9 Å². The van der Waals surface area contributed by atoms with Crippen LogP contribution in [0.3, 0.4) is 0 Å². The Bertz CT molecular complexity index is 889. The number of nitrogens with one attached hydrogen (secondary N) is 1. The molecule has 0 bridgehead atoms. The fourth-order valence-corrected chi connectivity index (χ4v) is 4.13. The Balaban J connectivity index is 1.87. The molecular formula is C16H18N2O6S. The molecule has 1 aromatic carbocycles. The second-order valence-corrected chi connectivity index (χ2v) is 7.94. The summed E-state index contributed by atoms with van der Waals surface area (Å²) in [4.78, 5) is 10.1. The van der Waals surface area contributed by atoms with Crippen molar-refractivity contribution in [1.82, 2.24) is 4.72 Å². The van der Waals surface area contributed by atoms with Gasteiger partial charge in [0, 0.05) is 18.7 Å². The molecule has 1 aliphatic carbocycles. The van der Waals surface area contributed by atoms with Crippen molar-refractivity contribution >= 4 is 15.7 Å². The van der Waals surface area contributed by atoms with E-state index in [9.17, 15) is 23.6 Å². The lowest BCUT2D eigenvalue weighted by Gasteiger charge is -2.26. The lowest BCUT2D eigenvalue weighted by Crippen LogP contribution is -2.42. The zero-order valence-electron chi connectivity index (χ0n) is 13.5. The van der Waals surface area contributed by atoms with Gasteiger partial charge in [-0.3, -0.25) is 10.1 Å². The largest absolute Gasteiger partial charge is 0.466 e. The number of benzene rings is 1. The summed E-state index contributed by atoms with van der Waals surface area (Å²) >= 11 is 0. The molecule has 25 heavy (non-hydrogen) atoms. The summed E-state index contributed by atoms with van der Waals surface area (Å²) in [5.41, 5.74) is -1.37. The maximum absolute atomic E-state index is 12.6. The van der Waals surface area contributed by atoms with Gasteiger partial charge in [0.1, 0.15) is 11.4 Å². The molecule has 1 fully saturated rings. The summed E-state index contributed by atoms with van der Waals surface area (Å²) in [6, 6.07) is 6.87. The highest BCUT2D eigenvalue weighted by Crippen LogP contribution is 2.45. The summed E-state index contributed by atoms with van der Waals surface area (Å²) in [5.74, 6) is 0.209. The molecule has 0 spiro atoms. The van der Waals surface area contributed by atoms with E-state index in [-0.39, 0.29) is 23.0 Å². The molecule has 0 amide bonds. The van der Waals surface area contributed by atoms with Crippen LogP contribution in [-0.2, 0) is 15.6 Å². The van der Waals surface area contributed by atoms with Crippen molar-refractivity contribution in [3.63, 3.8) is 0 Å². The van der Waals surface area contributed by atoms with Gasteiger partial charge in [-0.05, 0) is 43.4 Å². The third kappa shape index (κ3) is 3.44. The zero-order chi connectivity index (χ0) is 18.2. The minimum Gasteiger partial charge on any atom is -0.466 e. The van der Waals surface area contributed by atoms with Gasteiger partial charge in [0.25, 0.3) is 5.69 Å². The van der Waals surface area contributed by atoms with E-state index in [2.05, 4.69) is 4.72 Å². The topological polar surface area (TPSA) is 123 Å². The first kappa shape index (κ1) is 17.6. The minimum absolute atomic E-state index is 0.0902. The number of furan rings is 1. The molecule has 1 aliphatic rings. The highest BCUT2D eigenvalue weighted by Gasteiger charge is 2.47. The lowest BCUT2D eigenvalue weighted by atomic mass is 9.95. The van der Waals surface area contributed by atoms with E-state index in [0.717, 1.165) is 18.9 Å². The van der Waals surface area contributed by atoms with Gasteiger partial charge in [-0.1, -0.05) is 6.07 Å². The third-order valence-corrected chi connectivity index (χ3v) is 5.95. The van der Waals surface area contributed by atoms with Crippen LogP contribution in [-0.4, -0.2) is 25.0 Å². The molecule has 2 N–H and O–H groups in total. The van der Waals surface area contributed by atoms with Gasteiger partial charge < -0.3 is 9.52 Å². The summed E-state index contributed by atoms with van der Waals surface area (Å²) in [6.07, 6.45) is 2.96. The van der Waals surface area contributed by atoms with E-state index in [0.29, 0.717) is 11.3 Å². The van der Waals surface area contributed by atoms with Gasteiger partial charge >= 0.3 is 0 Å². The number of nitro benzene ring substituents is 1. The van der Waals surface area contributed by atoms with Crippen LogP contribution in [0, 0.1) is 23.0 Å². The van der Waals surface area contributed by atoms with Gasteiger partial charge in [-0.25, -0.2) is 13.1 Å². The number of rotatable bonds is 7. The van der Waals surface area contributed by atoms with Gasteiger partial charge in [-0.2, -0.15) is 0 Å². The highest BCUT2D eigenvalue weighted by atomic mass is 32.2. The lowest BCUT2D eigenvalue weighted by molar-refractivity contribution is -0.385. The summed E-state index contributed by atoms with van der Waals surface area (Å²) < 4.78 is 32.9. The van der Waals surface area contributed by atoms with Crippen LogP contribution in [0.4, 0.5) is 5.69 Å². The molecule has 1 unspecified atom stereocenters. The van der Waals surface area contributed by atoms with E-state index in [1.165, 1.54) is 18.4 Å². The van der Waals surface area contributed by atoms with Crippen molar-refractivity contribution in [3.8, 4) is 0 Å². The number of nitro groups is 1. The highest BCUT2D eigenvalue weighted by molar-refractivity contribution is 7.89. The number of hydrogen-bond acceptors (Lipinski definition) is 6. The average molecular weight is 366 g/mol. The van der Waals surface area contributed by atoms with Crippen molar-refractivity contribution in [1.29, 1.82) is 0 Å². The van der Waals surface area contributed by atoms with Crippen molar-refractivity contribution in [2.24, 2.45) is 5.92 Å². The summed E-state index contributed by atoms with van der Waals surface area (Å²) in [7, 11) is -4.03. The second-order valence-electron chi connectivity index (χ2n) is 6.21. The normalized spacial score (nSPS) is 17.2. The van der Waals surface area contributed by atoms with Crippen LogP contribution in [0.25, 0.3) is 0 Å². The van der Waals surface area contributed by atoms with E-state index in [1.807, 2.05) is 0 Å². The monoisotopic (exact) mass is 366 g/mol. The van der Waals surface area contributed by atoms with Crippen molar-refractivity contribution in [2.75, 3.05) is 6.54 Å². The first-order chi connectivity index (χ1) is 11.7. The Hall–Kier alpha value is -2.23. The Morgan fingerprint density at radius 3 is 2.68 bits per heavy atom. The smallest absolute Gasteiger partial charge is 0.270 e. The number of non-ortho nitro benzene ring substituents is 1. The molecule has 9 heteroatoms. The fraction of sp³-hybridized carbons (Fsp3) is 0.375. The second kappa shape index (κ2) is 6.25. The van der Waals surface area contributed by atoms with Gasteiger partial charge in [-0.15, -0.1) is 0 Å². The number of aryl methyl sites for hydroxylation is 1. The van der Waals surface area contributed by atoms with Crippen LogP contribution in [0.1, 0.15) is 24.2 Å². The molecule has 0 saturated heterocycles. The first-order valence-corrected chi connectivity index (χ1v) is 9.23. The maximum atomic E-state index is 12.6. The number of hydrogen-bond donors (Lipinski definition) is 2. The molecule has 0 radical (unpaired) electrons. The predicted octanol–water partition coefficient (Wildman–Crippen LogP) is 2.07. The molecule has 8 nitrogen and oxygen atoms in total. The Labute approximate surface area is 144 Å². The van der Waals surface area contributed by atoms with Crippen LogP contribution in [0.5, 0.6) is 0 Å². The molecular weight excluding hydrogens is 348 g/mol. The molecule has 134 valence electrons. The average Bonchev–Trinajstić information content (AvgIpc) is 3.28. The third-order valence-electron chi connectivity index (χ3n) is 4.40. The fourth-order valence-electron chi connectivity index (χ4n) is 2.79. The quantitative estimate of drug-likeness (QED) is 0.571. The zero-order valence-corrected chi connectivity index (χ0v) is 14.3. The Morgan fingerprint density at radius 2 is 2.12 bits per heavy atom. The molecule has 1 heterocycles. The van der Waals surface area contributed by atoms with E-state index in [4.69, 9.17) is 4.42 Å². The molecule has 1 saturated carbocycles. The molecule has 3 rings (SSSR count). The van der Waals surface area contributed by atoms with Crippen LogP contribution in [0.2, 0.25) is 0 Å². The first-order valence-electron chi connectivity index (χ1n) is 7.75. The molecule has 2 aromatic rings. The molecule has 0 aliphatic heterocycles. The van der Waals surface area contributed by atoms with Gasteiger partial charge in [0.15, 0.2) is 0 Å².